The van der Waals surface area contributed by atoms with Gasteiger partial charge in [0.15, 0.2) is 0 Å². The molecule has 0 aromatic heterocycles. The minimum Gasteiger partial charge on any atom is -0.352 e. The summed E-state index contributed by atoms with van der Waals surface area (Å²) in [5.74, 6) is -0.217. The third-order valence-electron chi connectivity index (χ3n) is 4.96. The summed E-state index contributed by atoms with van der Waals surface area (Å²) in [5.41, 5.74) is 3.17. The van der Waals surface area contributed by atoms with Gasteiger partial charge in [0.05, 0.1) is 10.9 Å². The first kappa shape index (κ1) is 20.4. The molecule has 6 heteroatoms. The summed E-state index contributed by atoms with van der Waals surface area (Å²) in [6, 6.07) is 15.9. The maximum atomic E-state index is 12.5. The van der Waals surface area contributed by atoms with E-state index in [1.54, 1.807) is 0 Å². The second-order valence-corrected chi connectivity index (χ2v) is 8.05. The number of carbonyl (C=O) groups excluding carboxylic acids is 2. The lowest BCUT2D eigenvalue weighted by Gasteiger charge is -2.23. The van der Waals surface area contributed by atoms with Crippen molar-refractivity contribution in [1.82, 2.24) is 10.2 Å². The summed E-state index contributed by atoms with van der Waals surface area (Å²) < 4.78 is 0. The Hall–Kier alpha value is -2.31. The Morgan fingerprint density at radius 3 is 2.50 bits per heavy atom. The van der Waals surface area contributed by atoms with Crippen LogP contribution in [0.15, 0.2) is 53.4 Å². The van der Waals surface area contributed by atoms with E-state index in [0.29, 0.717) is 6.54 Å². The number of para-hydroxylation sites is 1. The van der Waals surface area contributed by atoms with E-state index in [0.717, 1.165) is 35.8 Å². The quantitative estimate of drug-likeness (QED) is 0.714. The summed E-state index contributed by atoms with van der Waals surface area (Å²) in [4.78, 5) is 28.1. The van der Waals surface area contributed by atoms with Gasteiger partial charge >= 0.3 is 0 Å². The molecule has 0 saturated heterocycles. The van der Waals surface area contributed by atoms with Gasteiger partial charge in [-0.15, -0.1) is 11.8 Å². The number of rotatable bonds is 8. The highest BCUT2D eigenvalue weighted by atomic mass is 32.2. The monoisotopic (exact) mass is 397 g/mol. The Labute approximate surface area is 170 Å². The zero-order valence-corrected chi connectivity index (χ0v) is 17.2. The molecule has 1 heterocycles. The van der Waals surface area contributed by atoms with Gasteiger partial charge in [-0.1, -0.05) is 50.2 Å². The average Bonchev–Trinajstić information content (AvgIpc) is 2.71. The van der Waals surface area contributed by atoms with Crippen LogP contribution in [0.5, 0.6) is 0 Å². The van der Waals surface area contributed by atoms with E-state index in [9.17, 15) is 9.59 Å². The molecule has 3 rings (SSSR count). The average molecular weight is 398 g/mol. The highest BCUT2D eigenvalue weighted by Gasteiger charge is 2.28. The van der Waals surface area contributed by atoms with E-state index in [-0.39, 0.29) is 18.2 Å². The lowest BCUT2D eigenvalue weighted by Crippen LogP contribution is -2.34. The summed E-state index contributed by atoms with van der Waals surface area (Å²) in [6.45, 7) is 7.64. The van der Waals surface area contributed by atoms with Gasteiger partial charge in [-0.2, -0.15) is 0 Å². The first-order valence-electron chi connectivity index (χ1n) is 9.73. The molecule has 2 amide bonds. The second-order valence-electron chi connectivity index (χ2n) is 6.80. The molecular formula is C22H27N3O2S. The van der Waals surface area contributed by atoms with Crippen molar-refractivity contribution in [3.8, 4) is 0 Å². The fraction of sp³-hybridized carbons (Fsp3) is 0.364. The van der Waals surface area contributed by atoms with Crippen LogP contribution in [-0.4, -0.2) is 35.1 Å². The van der Waals surface area contributed by atoms with Gasteiger partial charge < -0.3 is 10.6 Å². The molecule has 1 aliphatic heterocycles. The van der Waals surface area contributed by atoms with Gasteiger partial charge in [-0.3, -0.25) is 14.5 Å². The highest BCUT2D eigenvalue weighted by molar-refractivity contribution is 8.01. The maximum Gasteiger partial charge on any atom is 0.238 e. The fourth-order valence-corrected chi connectivity index (χ4v) is 4.34. The van der Waals surface area contributed by atoms with E-state index in [4.69, 9.17) is 0 Å². The van der Waals surface area contributed by atoms with E-state index in [2.05, 4.69) is 41.5 Å². The van der Waals surface area contributed by atoms with Crippen molar-refractivity contribution in [3.63, 3.8) is 0 Å². The molecule has 28 heavy (non-hydrogen) atoms. The number of anilines is 1. The molecule has 2 N–H and O–H groups in total. The molecular weight excluding hydrogens is 370 g/mol. The third kappa shape index (κ3) is 5.14. The SMILES string of the molecule is CCN(CC)Cc1ccccc1CNC(=O)C[C@@H]1Sc2ccccc2NC1=O. The first-order valence-corrected chi connectivity index (χ1v) is 10.6. The molecule has 2 aromatic rings. The van der Waals surface area contributed by atoms with Crippen molar-refractivity contribution in [2.45, 2.75) is 43.5 Å². The molecule has 2 aromatic carbocycles. The summed E-state index contributed by atoms with van der Waals surface area (Å²) >= 11 is 1.45. The summed E-state index contributed by atoms with van der Waals surface area (Å²) in [6.07, 6.45) is 0.170. The Morgan fingerprint density at radius 2 is 1.75 bits per heavy atom. The van der Waals surface area contributed by atoms with Crippen LogP contribution in [0.25, 0.3) is 0 Å². The fourth-order valence-electron chi connectivity index (χ4n) is 3.23. The molecule has 5 nitrogen and oxygen atoms in total. The summed E-state index contributed by atoms with van der Waals surface area (Å²) in [7, 11) is 0. The summed E-state index contributed by atoms with van der Waals surface area (Å²) in [5, 5.41) is 5.48. The Bertz CT molecular complexity index is 836. The Kier molecular flexibility index (Phi) is 7.12. The Balaban J connectivity index is 1.57. The first-order chi connectivity index (χ1) is 13.6. The number of fused-ring (bicyclic) bond motifs is 1. The largest absolute Gasteiger partial charge is 0.352 e. The second kappa shape index (κ2) is 9.75. The van der Waals surface area contributed by atoms with Crippen LogP contribution >= 0.6 is 11.8 Å². The predicted octanol–water partition coefficient (Wildman–Crippen LogP) is 3.65. The molecule has 0 bridgehead atoms. The van der Waals surface area contributed by atoms with Crippen molar-refractivity contribution in [2.24, 2.45) is 0 Å². The molecule has 0 spiro atoms. The number of amides is 2. The number of benzene rings is 2. The van der Waals surface area contributed by atoms with E-state index >= 15 is 0 Å². The molecule has 0 unspecified atom stereocenters. The lowest BCUT2D eigenvalue weighted by atomic mass is 10.1. The molecule has 0 saturated carbocycles. The predicted molar refractivity (Wildman–Crippen MR) is 114 cm³/mol. The minimum absolute atomic E-state index is 0.107. The highest BCUT2D eigenvalue weighted by Crippen LogP contribution is 2.36. The van der Waals surface area contributed by atoms with Crippen LogP contribution in [0.2, 0.25) is 0 Å². The Morgan fingerprint density at radius 1 is 1.07 bits per heavy atom. The zero-order valence-electron chi connectivity index (χ0n) is 16.4. The van der Waals surface area contributed by atoms with Crippen LogP contribution in [0.4, 0.5) is 5.69 Å². The van der Waals surface area contributed by atoms with Crippen LogP contribution in [0, 0.1) is 0 Å². The van der Waals surface area contributed by atoms with Gasteiger partial charge in [0.1, 0.15) is 0 Å². The smallest absolute Gasteiger partial charge is 0.238 e. The third-order valence-corrected chi connectivity index (χ3v) is 6.24. The van der Waals surface area contributed by atoms with E-state index < -0.39 is 5.25 Å². The van der Waals surface area contributed by atoms with Crippen molar-refractivity contribution in [2.75, 3.05) is 18.4 Å². The number of nitrogens with one attached hydrogen (secondary N) is 2. The van der Waals surface area contributed by atoms with Gasteiger partial charge in [0.2, 0.25) is 11.8 Å². The van der Waals surface area contributed by atoms with E-state index in [1.165, 1.54) is 17.3 Å². The lowest BCUT2D eigenvalue weighted by molar-refractivity contribution is -0.124. The van der Waals surface area contributed by atoms with Crippen LogP contribution in [0.1, 0.15) is 31.4 Å². The number of nitrogens with zero attached hydrogens (tertiary/aromatic N) is 1. The van der Waals surface area contributed by atoms with Gasteiger partial charge in [0.25, 0.3) is 0 Å². The molecule has 1 atom stereocenters. The maximum absolute atomic E-state index is 12.5. The van der Waals surface area contributed by atoms with Crippen LogP contribution in [-0.2, 0) is 22.7 Å². The molecule has 1 aliphatic rings. The van der Waals surface area contributed by atoms with Gasteiger partial charge in [0, 0.05) is 24.4 Å². The van der Waals surface area contributed by atoms with Crippen LogP contribution in [0.3, 0.4) is 0 Å². The van der Waals surface area contributed by atoms with E-state index in [1.807, 2.05) is 36.4 Å². The normalized spacial score (nSPS) is 15.8. The minimum atomic E-state index is -0.402. The number of hydrogen-bond donors (Lipinski definition) is 2. The van der Waals surface area contributed by atoms with Gasteiger partial charge in [-0.05, 0) is 36.3 Å². The van der Waals surface area contributed by atoms with Gasteiger partial charge in [-0.25, -0.2) is 0 Å². The number of carbonyl (C=O) groups is 2. The van der Waals surface area contributed by atoms with Crippen molar-refractivity contribution < 1.29 is 9.59 Å². The molecule has 0 aliphatic carbocycles. The molecule has 0 radical (unpaired) electrons. The number of hydrogen-bond acceptors (Lipinski definition) is 4. The van der Waals surface area contributed by atoms with Crippen molar-refractivity contribution in [1.29, 1.82) is 0 Å². The topological polar surface area (TPSA) is 61.4 Å². The molecule has 148 valence electrons. The number of thioether (sulfide) groups is 1. The van der Waals surface area contributed by atoms with Crippen LogP contribution < -0.4 is 10.6 Å². The molecule has 0 fully saturated rings. The standard InChI is InChI=1S/C22H27N3O2S/c1-3-25(4-2)15-17-10-6-5-9-16(17)14-23-21(26)13-20-22(27)24-18-11-7-8-12-19(18)28-20/h5-12,20H,3-4,13-15H2,1-2H3,(H,23,26)(H,24,27)/t20-/m0/s1. The van der Waals surface area contributed by atoms with Crippen molar-refractivity contribution in [3.05, 3.63) is 59.7 Å². The zero-order chi connectivity index (χ0) is 19.9. The van der Waals surface area contributed by atoms with Crippen molar-refractivity contribution >= 4 is 29.3 Å².